The van der Waals surface area contributed by atoms with E-state index in [0.29, 0.717) is 17.1 Å². The molecule has 2 aromatic heterocycles. The number of imidazole rings is 1. The molecule has 1 aliphatic heterocycles. The van der Waals surface area contributed by atoms with Crippen molar-refractivity contribution in [1.82, 2.24) is 19.1 Å². The van der Waals surface area contributed by atoms with Crippen molar-refractivity contribution in [2.75, 3.05) is 5.01 Å². The van der Waals surface area contributed by atoms with Gasteiger partial charge in [-0.3, -0.25) is 18.9 Å². The maximum absolute atomic E-state index is 12.4. The highest BCUT2D eigenvalue weighted by atomic mass is 16.2. The van der Waals surface area contributed by atoms with Crippen molar-refractivity contribution in [3.63, 3.8) is 0 Å². The van der Waals surface area contributed by atoms with Crippen LogP contribution in [0.15, 0.2) is 45.0 Å². The lowest BCUT2D eigenvalue weighted by atomic mass is 10.2. The molecule has 122 valence electrons. The van der Waals surface area contributed by atoms with Crippen LogP contribution in [0.3, 0.4) is 0 Å². The molecule has 8 heteroatoms. The molecule has 0 bridgehead atoms. The molecule has 0 spiro atoms. The lowest BCUT2D eigenvalue weighted by Gasteiger charge is -2.29. The number of para-hydroxylation sites is 1. The smallest absolute Gasteiger partial charge is 0.294 e. The third kappa shape index (κ3) is 1.86. The number of fused-ring (bicyclic) bond motifs is 3. The average Bonchev–Trinajstić information content (AvgIpc) is 2.98. The molecule has 8 nitrogen and oxygen atoms in total. The van der Waals surface area contributed by atoms with E-state index in [9.17, 15) is 9.59 Å². The predicted octanol–water partition coefficient (Wildman–Crippen LogP) is 1.51. The van der Waals surface area contributed by atoms with E-state index in [4.69, 9.17) is 0 Å². The summed E-state index contributed by atoms with van der Waals surface area (Å²) >= 11 is 0. The topological polar surface area (TPSA) is 88.3 Å². The zero-order valence-electron chi connectivity index (χ0n) is 13.5. The molecule has 1 atom stereocenters. The van der Waals surface area contributed by atoms with Gasteiger partial charge in [0, 0.05) is 7.05 Å². The Labute approximate surface area is 136 Å². The largest absolute Gasteiger partial charge is 0.329 e. The molecule has 0 fully saturated rings. The first-order chi connectivity index (χ1) is 11.5. The second kappa shape index (κ2) is 4.92. The molecule has 0 aliphatic carbocycles. The molecule has 0 amide bonds. The third-order valence-electron chi connectivity index (χ3n) is 4.37. The summed E-state index contributed by atoms with van der Waals surface area (Å²) in [6.45, 7) is 3.86. The summed E-state index contributed by atoms with van der Waals surface area (Å²) < 4.78 is 3.16. The first kappa shape index (κ1) is 14.4. The number of H-pyrrole nitrogens is 1. The minimum atomic E-state index is -0.487. The Morgan fingerprint density at radius 3 is 2.58 bits per heavy atom. The van der Waals surface area contributed by atoms with Crippen molar-refractivity contribution in [2.45, 2.75) is 19.9 Å². The average molecular weight is 324 g/mol. The van der Waals surface area contributed by atoms with Gasteiger partial charge in [-0.25, -0.2) is 9.80 Å². The normalized spacial score (nSPS) is 17.0. The van der Waals surface area contributed by atoms with E-state index in [2.05, 4.69) is 15.1 Å². The van der Waals surface area contributed by atoms with Crippen LogP contribution < -0.4 is 16.3 Å². The molecule has 1 aliphatic rings. The summed E-state index contributed by atoms with van der Waals surface area (Å²) in [5.74, 6) is 0.515. The highest BCUT2D eigenvalue weighted by molar-refractivity contribution is 5.92. The molecule has 24 heavy (non-hydrogen) atoms. The Bertz CT molecular complexity index is 1090. The number of hydrogen-bond acceptors (Lipinski definition) is 5. The molecule has 3 aromatic rings. The molecule has 0 saturated carbocycles. The fourth-order valence-electron chi connectivity index (χ4n) is 2.92. The van der Waals surface area contributed by atoms with E-state index < -0.39 is 11.2 Å². The number of aryl methyl sites for hydroxylation is 1. The van der Waals surface area contributed by atoms with Crippen LogP contribution in [0.1, 0.15) is 19.9 Å². The van der Waals surface area contributed by atoms with Crippen LogP contribution in [0.4, 0.5) is 11.6 Å². The Balaban J connectivity index is 2.10. The van der Waals surface area contributed by atoms with Gasteiger partial charge in [0.1, 0.15) is 0 Å². The van der Waals surface area contributed by atoms with Gasteiger partial charge in [-0.1, -0.05) is 18.2 Å². The lowest BCUT2D eigenvalue weighted by Crippen LogP contribution is -2.32. The van der Waals surface area contributed by atoms with E-state index in [1.54, 1.807) is 12.1 Å². The monoisotopic (exact) mass is 324 g/mol. The van der Waals surface area contributed by atoms with Crippen molar-refractivity contribution in [2.24, 2.45) is 12.1 Å². The molecule has 3 heterocycles. The highest BCUT2D eigenvalue weighted by Gasteiger charge is 2.30. The minimum absolute atomic E-state index is 0.136. The minimum Gasteiger partial charge on any atom is -0.294 e. The van der Waals surface area contributed by atoms with Crippen LogP contribution in [0.2, 0.25) is 0 Å². The number of rotatable bonds is 1. The summed E-state index contributed by atoms with van der Waals surface area (Å²) in [5.41, 5.74) is 1.47. The second-order valence-corrected chi connectivity index (χ2v) is 5.84. The van der Waals surface area contributed by atoms with Gasteiger partial charge in [0.15, 0.2) is 11.2 Å². The Morgan fingerprint density at radius 2 is 1.88 bits per heavy atom. The number of hydrazone groups is 1. The predicted molar refractivity (Wildman–Crippen MR) is 92.0 cm³/mol. The number of anilines is 2. The molecule has 4 rings (SSSR count). The highest BCUT2D eigenvalue weighted by Crippen LogP contribution is 2.34. The van der Waals surface area contributed by atoms with E-state index in [1.165, 1.54) is 4.57 Å². The van der Waals surface area contributed by atoms with Gasteiger partial charge in [0.25, 0.3) is 5.56 Å². The number of benzene rings is 1. The molecular weight excluding hydrogens is 308 g/mol. The van der Waals surface area contributed by atoms with E-state index in [-0.39, 0.29) is 6.04 Å². The van der Waals surface area contributed by atoms with Crippen molar-refractivity contribution >= 4 is 28.5 Å². The fourth-order valence-corrected chi connectivity index (χ4v) is 2.92. The molecule has 0 radical (unpaired) electrons. The first-order valence-electron chi connectivity index (χ1n) is 7.60. The number of hydrogen-bond donors (Lipinski definition) is 1. The van der Waals surface area contributed by atoms with Gasteiger partial charge in [-0.05, 0) is 26.0 Å². The number of aromatic nitrogens is 4. The zero-order chi connectivity index (χ0) is 17.0. The van der Waals surface area contributed by atoms with Crippen molar-refractivity contribution in [3.05, 3.63) is 51.2 Å². The summed E-state index contributed by atoms with van der Waals surface area (Å²) in [7, 11) is 1.59. The fraction of sp³-hybridized carbons (Fsp3) is 0.250. The Hall–Kier alpha value is -3.16. The van der Waals surface area contributed by atoms with Gasteiger partial charge >= 0.3 is 5.69 Å². The van der Waals surface area contributed by atoms with Crippen molar-refractivity contribution in [1.29, 1.82) is 0 Å². The standard InChI is InChI=1S/C16H16N6O2/c1-9-10(2)21-12-13(20(3)16(24)18-14(12)23)17-15(21)22(19-9)11-7-5-4-6-8-11/h4-8,10H,1-3H3,(H,18,23,24). The summed E-state index contributed by atoms with van der Waals surface area (Å²) in [6.07, 6.45) is 0. The Kier molecular flexibility index (Phi) is 2.96. The molecule has 1 unspecified atom stereocenters. The van der Waals surface area contributed by atoms with Crippen LogP contribution in [-0.2, 0) is 7.05 Å². The summed E-state index contributed by atoms with van der Waals surface area (Å²) in [6, 6.07) is 9.44. The SMILES string of the molecule is CC1=NN(c2ccccc2)c2nc3c(c(=O)[nH]c(=O)n3C)n2C1C. The third-order valence-corrected chi connectivity index (χ3v) is 4.37. The van der Waals surface area contributed by atoms with Crippen molar-refractivity contribution < 1.29 is 0 Å². The summed E-state index contributed by atoms with van der Waals surface area (Å²) in [5, 5.41) is 6.31. The van der Waals surface area contributed by atoms with Gasteiger partial charge in [-0.2, -0.15) is 10.1 Å². The van der Waals surface area contributed by atoms with Crippen LogP contribution in [0, 0.1) is 0 Å². The number of nitrogens with zero attached hydrogens (tertiary/aromatic N) is 5. The molecule has 0 saturated heterocycles. The van der Waals surface area contributed by atoms with E-state index >= 15 is 0 Å². The van der Waals surface area contributed by atoms with Gasteiger partial charge in [-0.15, -0.1) is 0 Å². The number of aromatic amines is 1. The molecule has 1 aromatic carbocycles. The van der Waals surface area contributed by atoms with Crippen LogP contribution in [0.25, 0.3) is 11.2 Å². The van der Waals surface area contributed by atoms with Crippen LogP contribution in [0.5, 0.6) is 0 Å². The first-order valence-corrected chi connectivity index (χ1v) is 7.60. The van der Waals surface area contributed by atoms with Gasteiger partial charge < -0.3 is 0 Å². The van der Waals surface area contributed by atoms with Crippen LogP contribution >= 0.6 is 0 Å². The quantitative estimate of drug-likeness (QED) is 0.735. The Morgan fingerprint density at radius 1 is 1.17 bits per heavy atom. The van der Waals surface area contributed by atoms with E-state index in [0.717, 1.165) is 11.4 Å². The van der Waals surface area contributed by atoms with Gasteiger partial charge in [0.2, 0.25) is 5.95 Å². The summed E-state index contributed by atoms with van der Waals surface area (Å²) in [4.78, 5) is 31.2. The second-order valence-electron chi connectivity index (χ2n) is 5.84. The molecule has 1 N–H and O–H groups in total. The molecular formula is C16H16N6O2. The number of nitrogens with one attached hydrogen (secondary N) is 1. The maximum atomic E-state index is 12.4. The van der Waals surface area contributed by atoms with E-state index in [1.807, 2.05) is 48.7 Å². The lowest BCUT2D eigenvalue weighted by molar-refractivity contribution is 0.672. The zero-order valence-corrected chi connectivity index (χ0v) is 13.5. The maximum Gasteiger partial charge on any atom is 0.329 e. The van der Waals surface area contributed by atoms with Crippen molar-refractivity contribution in [3.8, 4) is 0 Å². The van der Waals surface area contributed by atoms with Crippen LogP contribution in [-0.4, -0.2) is 24.8 Å². The van der Waals surface area contributed by atoms with Gasteiger partial charge in [0.05, 0.1) is 17.4 Å².